The Morgan fingerprint density at radius 3 is 2.64 bits per heavy atom. The Bertz CT molecular complexity index is 1450. The van der Waals surface area contributed by atoms with Crippen molar-refractivity contribution in [3.63, 3.8) is 0 Å². The number of amides is 1. The fraction of sp³-hybridized carbons (Fsp3) is 0.125. The fourth-order valence-electron chi connectivity index (χ4n) is 3.69. The van der Waals surface area contributed by atoms with Gasteiger partial charge in [-0.05, 0) is 48.4 Å². The Hall–Kier alpha value is -4.27. The monoisotopic (exact) mass is 450 g/mol. The summed E-state index contributed by atoms with van der Waals surface area (Å²) in [6.07, 6.45) is 0.100. The number of primary amides is 1. The summed E-state index contributed by atoms with van der Waals surface area (Å²) in [7, 11) is 1.33. The molecule has 1 aromatic heterocycles. The molecule has 0 saturated heterocycles. The number of nitrogens with one attached hydrogen (secondary N) is 1. The molecule has 4 aromatic rings. The van der Waals surface area contributed by atoms with Crippen LogP contribution in [0.25, 0.3) is 16.6 Å². The maximum Gasteiger partial charge on any atom is 0.354 e. The van der Waals surface area contributed by atoms with E-state index in [4.69, 9.17) is 10.5 Å². The maximum absolute atomic E-state index is 15.0. The predicted octanol–water partition coefficient (Wildman–Crippen LogP) is 3.75. The fourth-order valence-corrected chi connectivity index (χ4v) is 3.69. The smallest absolute Gasteiger partial charge is 0.354 e. The molecule has 0 aliphatic heterocycles. The molecule has 168 valence electrons. The van der Waals surface area contributed by atoms with E-state index in [-0.39, 0.29) is 29.2 Å². The van der Waals surface area contributed by atoms with Crippen molar-refractivity contribution in [3.05, 3.63) is 87.8 Å². The summed E-state index contributed by atoms with van der Waals surface area (Å²) >= 11 is 0. The molecular formula is C24H20F2N4O3. The molecule has 3 N–H and O–H groups in total. The summed E-state index contributed by atoms with van der Waals surface area (Å²) in [6.45, 7) is 1.82. The zero-order valence-corrected chi connectivity index (χ0v) is 17.9. The zero-order valence-electron chi connectivity index (χ0n) is 17.9. The number of methoxy groups -OCH3 is 1. The molecule has 4 rings (SSSR count). The molecule has 33 heavy (non-hydrogen) atoms. The van der Waals surface area contributed by atoms with E-state index < -0.39 is 23.2 Å². The highest BCUT2D eigenvalue weighted by Crippen LogP contribution is 2.31. The van der Waals surface area contributed by atoms with Gasteiger partial charge in [0.1, 0.15) is 23.2 Å². The minimum absolute atomic E-state index is 0.0343. The van der Waals surface area contributed by atoms with Crippen molar-refractivity contribution in [1.29, 1.82) is 0 Å². The van der Waals surface area contributed by atoms with Crippen LogP contribution in [0.15, 0.2) is 59.4 Å². The van der Waals surface area contributed by atoms with Crippen LogP contribution < -0.4 is 21.5 Å². The van der Waals surface area contributed by atoms with Crippen molar-refractivity contribution in [2.75, 3.05) is 12.4 Å². The van der Waals surface area contributed by atoms with Gasteiger partial charge in [0.2, 0.25) is 5.91 Å². The number of anilines is 2. The van der Waals surface area contributed by atoms with Crippen LogP contribution in [0, 0.1) is 18.6 Å². The number of halogens is 2. The zero-order chi connectivity index (χ0) is 23.7. The van der Waals surface area contributed by atoms with Crippen LogP contribution in [0.1, 0.15) is 11.1 Å². The van der Waals surface area contributed by atoms with E-state index in [0.29, 0.717) is 11.1 Å². The van der Waals surface area contributed by atoms with Crippen molar-refractivity contribution in [1.82, 2.24) is 9.55 Å². The van der Waals surface area contributed by atoms with Crippen molar-refractivity contribution < 1.29 is 18.3 Å². The molecule has 0 saturated carbocycles. The van der Waals surface area contributed by atoms with Crippen LogP contribution in [0.4, 0.5) is 20.3 Å². The molecule has 9 heteroatoms. The maximum atomic E-state index is 15.0. The summed E-state index contributed by atoms with van der Waals surface area (Å²) in [5.74, 6) is -1.45. The summed E-state index contributed by atoms with van der Waals surface area (Å²) in [5, 5.41) is 3.42. The second-order valence-electron chi connectivity index (χ2n) is 7.45. The molecule has 0 atom stereocenters. The third-order valence-corrected chi connectivity index (χ3v) is 5.17. The molecule has 0 spiro atoms. The Balaban J connectivity index is 1.89. The van der Waals surface area contributed by atoms with Gasteiger partial charge in [0.15, 0.2) is 0 Å². The highest BCUT2D eigenvalue weighted by Gasteiger charge is 2.19. The van der Waals surface area contributed by atoms with E-state index >= 15 is 4.39 Å². The van der Waals surface area contributed by atoms with Gasteiger partial charge in [0.05, 0.1) is 24.7 Å². The van der Waals surface area contributed by atoms with E-state index in [0.717, 1.165) is 27.8 Å². The lowest BCUT2D eigenvalue weighted by molar-refractivity contribution is -0.117. The van der Waals surface area contributed by atoms with Gasteiger partial charge < -0.3 is 15.8 Å². The Labute approximate surface area is 187 Å². The molecule has 0 aliphatic rings. The van der Waals surface area contributed by atoms with Gasteiger partial charge in [-0.1, -0.05) is 18.2 Å². The lowest BCUT2D eigenvalue weighted by Crippen LogP contribution is -2.24. The highest BCUT2D eigenvalue weighted by molar-refractivity contribution is 5.92. The normalized spacial score (nSPS) is 10.9. The first kappa shape index (κ1) is 21.9. The number of ether oxygens (including phenoxy) is 1. The number of carbonyl (C=O) groups is 1. The average Bonchev–Trinajstić information content (AvgIpc) is 2.76. The van der Waals surface area contributed by atoms with Gasteiger partial charge in [-0.3, -0.25) is 9.36 Å². The van der Waals surface area contributed by atoms with E-state index in [9.17, 15) is 14.0 Å². The van der Waals surface area contributed by atoms with Crippen LogP contribution >= 0.6 is 0 Å². The summed E-state index contributed by atoms with van der Waals surface area (Å²) < 4.78 is 35.0. The van der Waals surface area contributed by atoms with E-state index in [2.05, 4.69) is 10.3 Å². The van der Waals surface area contributed by atoms with Gasteiger partial charge >= 0.3 is 5.69 Å². The number of hydrogen-bond acceptors (Lipinski definition) is 5. The molecule has 1 heterocycles. The Morgan fingerprint density at radius 1 is 1.15 bits per heavy atom. The van der Waals surface area contributed by atoms with Crippen LogP contribution in [0.2, 0.25) is 0 Å². The number of carbonyl (C=O) groups excluding carboxylic acids is 1. The number of aryl methyl sites for hydroxylation is 1. The molecule has 0 unspecified atom stereocenters. The number of para-hydroxylation sites is 1. The number of rotatable bonds is 6. The molecular weight excluding hydrogens is 430 g/mol. The van der Waals surface area contributed by atoms with Crippen LogP contribution in [0.5, 0.6) is 5.75 Å². The highest BCUT2D eigenvalue weighted by atomic mass is 19.1. The molecule has 7 nitrogen and oxygen atoms in total. The minimum atomic E-state index is -0.775. The van der Waals surface area contributed by atoms with Crippen molar-refractivity contribution in [2.45, 2.75) is 13.3 Å². The molecule has 0 fully saturated rings. The average molecular weight is 450 g/mol. The van der Waals surface area contributed by atoms with Crippen molar-refractivity contribution in [2.24, 2.45) is 5.73 Å². The number of nitrogens with zero attached hydrogens (tertiary/aromatic N) is 2. The molecule has 1 amide bonds. The third-order valence-electron chi connectivity index (χ3n) is 5.17. The number of benzene rings is 3. The summed E-state index contributed by atoms with van der Waals surface area (Å²) in [6, 6.07) is 13.2. The standard InChI is InChI=1S/C24H20F2N4O3/c1-13-10-14(11-21(27)31)6-8-18(13)28-23-16-4-3-5-17(26)22(16)30(24(32)29-23)19-9-7-15(25)12-20(19)33-2/h3-10,12H,11H2,1-2H3,(H2,27,31)(H,28,29,32). The lowest BCUT2D eigenvalue weighted by atomic mass is 10.1. The van der Waals surface area contributed by atoms with Crippen LogP contribution in [-0.4, -0.2) is 22.6 Å². The first-order valence-electron chi connectivity index (χ1n) is 9.98. The molecule has 3 aromatic carbocycles. The van der Waals surface area contributed by atoms with Crippen molar-refractivity contribution in [3.8, 4) is 11.4 Å². The third kappa shape index (κ3) is 4.25. The number of hydrogen-bond donors (Lipinski definition) is 2. The Morgan fingerprint density at radius 2 is 1.94 bits per heavy atom. The molecule has 0 aliphatic carbocycles. The second kappa shape index (κ2) is 8.70. The molecule has 0 radical (unpaired) electrons. The lowest BCUT2D eigenvalue weighted by Gasteiger charge is -2.17. The van der Waals surface area contributed by atoms with Crippen LogP contribution in [-0.2, 0) is 11.2 Å². The topological polar surface area (TPSA) is 99.2 Å². The summed E-state index contributed by atoms with van der Waals surface area (Å²) in [5.41, 5.74) is 6.75. The Kier molecular flexibility index (Phi) is 5.78. The quantitative estimate of drug-likeness (QED) is 0.466. The number of aromatic nitrogens is 2. The SMILES string of the molecule is COc1cc(F)ccc1-n1c(=O)nc(Nc2ccc(CC(N)=O)cc2C)c2cccc(F)c21. The first-order chi connectivity index (χ1) is 15.8. The summed E-state index contributed by atoms with van der Waals surface area (Å²) in [4.78, 5) is 28.4. The van der Waals surface area contributed by atoms with Gasteiger partial charge in [0.25, 0.3) is 0 Å². The molecule has 0 bridgehead atoms. The number of nitrogens with two attached hydrogens (primary N) is 1. The van der Waals surface area contributed by atoms with E-state index in [1.165, 1.54) is 25.3 Å². The van der Waals surface area contributed by atoms with Gasteiger partial charge in [-0.2, -0.15) is 4.98 Å². The first-order valence-corrected chi connectivity index (χ1v) is 9.98. The van der Waals surface area contributed by atoms with Gasteiger partial charge in [0, 0.05) is 17.1 Å². The minimum Gasteiger partial charge on any atom is -0.494 e. The predicted molar refractivity (Wildman–Crippen MR) is 121 cm³/mol. The van der Waals surface area contributed by atoms with E-state index in [1.807, 2.05) is 6.92 Å². The van der Waals surface area contributed by atoms with Crippen molar-refractivity contribution >= 4 is 28.3 Å². The van der Waals surface area contributed by atoms with E-state index in [1.54, 1.807) is 24.3 Å². The van der Waals surface area contributed by atoms with Gasteiger partial charge in [-0.25, -0.2) is 13.6 Å². The second-order valence-corrected chi connectivity index (χ2v) is 7.45. The van der Waals surface area contributed by atoms with Gasteiger partial charge in [-0.15, -0.1) is 0 Å². The number of fused-ring (bicyclic) bond motifs is 1. The largest absolute Gasteiger partial charge is 0.494 e. The van der Waals surface area contributed by atoms with Crippen LogP contribution in [0.3, 0.4) is 0 Å².